The molecule has 4 nitrogen and oxygen atoms in total. The van der Waals surface area contributed by atoms with Crippen LogP contribution in [0.3, 0.4) is 0 Å². The molecule has 0 unspecified atom stereocenters. The van der Waals surface area contributed by atoms with E-state index in [1.807, 2.05) is 49.4 Å². The molecule has 0 atom stereocenters. The number of rotatable bonds is 1. The van der Waals surface area contributed by atoms with Gasteiger partial charge in [0.1, 0.15) is 0 Å². The summed E-state index contributed by atoms with van der Waals surface area (Å²) in [6, 6.07) is 15.8. The lowest BCUT2D eigenvalue weighted by Crippen LogP contribution is -2.38. The van der Waals surface area contributed by atoms with Gasteiger partial charge in [0, 0.05) is 31.0 Å². The molecule has 2 N–H and O–H groups in total. The molecule has 1 aliphatic heterocycles. The van der Waals surface area contributed by atoms with E-state index in [2.05, 4.69) is 16.7 Å². The quantitative estimate of drug-likeness (QED) is 0.843. The Kier molecular flexibility index (Phi) is 3.88. The van der Waals surface area contributed by atoms with E-state index in [0.29, 0.717) is 6.54 Å². The van der Waals surface area contributed by atoms with Gasteiger partial charge >= 0.3 is 6.03 Å². The Morgan fingerprint density at radius 2 is 1.90 bits per heavy atom. The number of carbonyl (C=O) groups is 1. The van der Waals surface area contributed by atoms with Crippen LogP contribution in [0.15, 0.2) is 48.5 Å². The van der Waals surface area contributed by atoms with Crippen LogP contribution in [-0.4, -0.2) is 19.1 Å². The number of hydrogen-bond acceptors (Lipinski definition) is 2. The second kappa shape index (κ2) is 5.97. The van der Waals surface area contributed by atoms with Crippen LogP contribution < -0.4 is 15.5 Å². The molecule has 0 radical (unpaired) electrons. The van der Waals surface area contributed by atoms with Crippen LogP contribution in [0.4, 0.5) is 16.2 Å². The summed E-state index contributed by atoms with van der Waals surface area (Å²) in [5.41, 5.74) is 4.12. The van der Waals surface area contributed by atoms with E-state index in [4.69, 9.17) is 0 Å². The van der Waals surface area contributed by atoms with Crippen molar-refractivity contribution >= 4 is 17.4 Å². The van der Waals surface area contributed by atoms with E-state index in [1.165, 1.54) is 5.56 Å². The molecule has 0 fully saturated rings. The summed E-state index contributed by atoms with van der Waals surface area (Å²) >= 11 is 0. The zero-order valence-corrected chi connectivity index (χ0v) is 12.1. The second-order valence-electron chi connectivity index (χ2n) is 5.25. The van der Waals surface area contributed by atoms with E-state index in [1.54, 1.807) is 4.90 Å². The number of carbonyl (C=O) groups excluding carboxylic acids is 1. The Morgan fingerprint density at radius 3 is 2.71 bits per heavy atom. The molecule has 0 aliphatic carbocycles. The third kappa shape index (κ3) is 3.06. The fraction of sp³-hybridized carbons (Fsp3) is 0.235. The fourth-order valence-corrected chi connectivity index (χ4v) is 2.50. The SMILES string of the molecule is Cc1ccc(NC(=O)N2CCNCc3ccccc32)cc1. The Hall–Kier alpha value is -2.33. The molecule has 0 aromatic heterocycles. The van der Waals surface area contributed by atoms with Gasteiger partial charge < -0.3 is 10.6 Å². The number of amides is 2. The third-order valence-electron chi connectivity index (χ3n) is 3.66. The molecule has 0 bridgehead atoms. The fourth-order valence-electron chi connectivity index (χ4n) is 2.50. The van der Waals surface area contributed by atoms with Gasteiger partial charge in [0.05, 0.1) is 0 Å². The molecule has 0 saturated carbocycles. The first-order valence-electron chi connectivity index (χ1n) is 7.18. The van der Waals surface area contributed by atoms with Crippen LogP contribution in [0.2, 0.25) is 0 Å². The maximum Gasteiger partial charge on any atom is 0.326 e. The standard InChI is InChI=1S/C17H19N3O/c1-13-6-8-15(9-7-13)19-17(21)20-11-10-18-12-14-4-2-3-5-16(14)20/h2-9,18H,10-12H2,1H3,(H,19,21). The van der Waals surface area contributed by atoms with Crippen molar-refractivity contribution in [1.29, 1.82) is 0 Å². The number of anilines is 2. The molecular weight excluding hydrogens is 262 g/mol. The lowest BCUT2D eigenvalue weighted by Gasteiger charge is -2.23. The lowest BCUT2D eigenvalue weighted by molar-refractivity contribution is 0.257. The number of nitrogens with one attached hydrogen (secondary N) is 2. The topological polar surface area (TPSA) is 44.4 Å². The van der Waals surface area contributed by atoms with Gasteiger partial charge in [0.15, 0.2) is 0 Å². The largest absolute Gasteiger partial charge is 0.326 e. The highest BCUT2D eigenvalue weighted by Crippen LogP contribution is 2.23. The van der Waals surface area contributed by atoms with Crippen molar-refractivity contribution < 1.29 is 4.79 Å². The van der Waals surface area contributed by atoms with E-state index >= 15 is 0 Å². The molecule has 1 heterocycles. The second-order valence-corrected chi connectivity index (χ2v) is 5.25. The van der Waals surface area contributed by atoms with E-state index in [9.17, 15) is 4.79 Å². The summed E-state index contributed by atoms with van der Waals surface area (Å²) in [7, 11) is 0. The monoisotopic (exact) mass is 281 g/mol. The minimum atomic E-state index is -0.0880. The maximum atomic E-state index is 12.6. The zero-order valence-electron chi connectivity index (χ0n) is 12.1. The molecule has 0 spiro atoms. The molecule has 21 heavy (non-hydrogen) atoms. The number of urea groups is 1. The van der Waals surface area contributed by atoms with Crippen LogP contribution in [-0.2, 0) is 6.54 Å². The first-order valence-corrected chi connectivity index (χ1v) is 7.18. The average Bonchev–Trinajstić information content (AvgIpc) is 2.72. The molecule has 2 aromatic rings. The van der Waals surface area contributed by atoms with Crippen molar-refractivity contribution in [2.75, 3.05) is 23.3 Å². The third-order valence-corrected chi connectivity index (χ3v) is 3.66. The maximum absolute atomic E-state index is 12.6. The minimum Gasteiger partial charge on any atom is -0.311 e. The highest BCUT2D eigenvalue weighted by molar-refractivity contribution is 6.02. The highest BCUT2D eigenvalue weighted by atomic mass is 16.2. The summed E-state index contributed by atoms with van der Waals surface area (Å²) < 4.78 is 0. The molecule has 2 amide bonds. The van der Waals surface area contributed by atoms with Gasteiger partial charge in [-0.2, -0.15) is 0 Å². The number of para-hydroxylation sites is 1. The van der Waals surface area contributed by atoms with Gasteiger partial charge in [-0.1, -0.05) is 35.9 Å². The minimum absolute atomic E-state index is 0.0880. The molecular formula is C17H19N3O. The first kappa shape index (κ1) is 13.6. The highest BCUT2D eigenvalue weighted by Gasteiger charge is 2.20. The predicted molar refractivity (Wildman–Crippen MR) is 85.7 cm³/mol. The Morgan fingerprint density at radius 1 is 1.14 bits per heavy atom. The smallest absolute Gasteiger partial charge is 0.311 e. The zero-order chi connectivity index (χ0) is 14.7. The van der Waals surface area contributed by atoms with Crippen molar-refractivity contribution in [1.82, 2.24) is 5.32 Å². The number of benzene rings is 2. The van der Waals surface area contributed by atoms with Crippen LogP contribution in [0.25, 0.3) is 0 Å². The molecule has 3 rings (SSSR count). The lowest BCUT2D eigenvalue weighted by atomic mass is 10.1. The van der Waals surface area contributed by atoms with Crippen molar-refractivity contribution in [3.63, 3.8) is 0 Å². The van der Waals surface area contributed by atoms with E-state index in [-0.39, 0.29) is 6.03 Å². The van der Waals surface area contributed by atoms with Crippen molar-refractivity contribution in [2.45, 2.75) is 13.5 Å². The normalized spacial score (nSPS) is 14.2. The van der Waals surface area contributed by atoms with Crippen molar-refractivity contribution in [3.05, 3.63) is 59.7 Å². The van der Waals surface area contributed by atoms with Crippen LogP contribution in [0, 0.1) is 6.92 Å². The van der Waals surface area contributed by atoms with Crippen LogP contribution >= 0.6 is 0 Å². The van der Waals surface area contributed by atoms with E-state index < -0.39 is 0 Å². The van der Waals surface area contributed by atoms with Gasteiger partial charge in [-0.25, -0.2) is 4.79 Å². The average molecular weight is 281 g/mol. The van der Waals surface area contributed by atoms with Crippen LogP contribution in [0.5, 0.6) is 0 Å². The summed E-state index contributed by atoms with van der Waals surface area (Å²) in [5, 5.41) is 6.30. The van der Waals surface area contributed by atoms with Gasteiger partial charge in [-0.05, 0) is 30.7 Å². The molecule has 0 saturated heterocycles. The summed E-state index contributed by atoms with van der Waals surface area (Å²) in [4.78, 5) is 14.4. The number of fused-ring (bicyclic) bond motifs is 1. The predicted octanol–water partition coefficient (Wildman–Crippen LogP) is 3.14. The molecule has 4 heteroatoms. The molecule has 2 aromatic carbocycles. The number of nitrogens with zero attached hydrogens (tertiary/aromatic N) is 1. The first-order chi connectivity index (χ1) is 10.2. The summed E-state index contributed by atoms with van der Waals surface area (Å²) in [6.07, 6.45) is 0. The molecule has 1 aliphatic rings. The number of hydrogen-bond donors (Lipinski definition) is 2. The van der Waals surface area contributed by atoms with Crippen molar-refractivity contribution in [3.8, 4) is 0 Å². The van der Waals surface area contributed by atoms with Gasteiger partial charge in [-0.15, -0.1) is 0 Å². The summed E-state index contributed by atoms with van der Waals surface area (Å²) in [5.74, 6) is 0. The van der Waals surface area contributed by atoms with Gasteiger partial charge in [-0.3, -0.25) is 4.90 Å². The Balaban J connectivity index is 1.82. The van der Waals surface area contributed by atoms with Gasteiger partial charge in [0.25, 0.3) is 0 Å². The van der Waals surface area contributed by atoms with E-state index in [0.717, 1.165) is 30.0 Å². The van der Waals surface area contributed by atoms with Crippen molar-refractivity contribution in [2.24, 2.45) is 0 Å². The summed E-state index contributed by atoms with van der Waals surface area (Å²) in [6.45, 7) is 4.28. The Bertz CT molecular complexity index is 637. The van der Waals surface area contributed by atoms with Crippen LogP contribution in [0.1, 0.15) is 11.1 Å². The molecule has 108 valence electrons. The number of aryl methyl sites for hydroxylation is 1. The Labute approximate surface area is 124 Å². The van der Waals surface area contributed by atoms with Gasteiger partial charge in [0.2, 0.25) is 0 Å².